The van der Waals surface area contributed by atoms with Crippen LogP contribution in [-0.2, 0) is 13.0 Å². The number of halogens is 1. The summed E-state index contributed by atoms with van der Waals surface area (Å²) >= 11 is 0. The number of likely N-dealkylation sites (tertiary alicyclic amines) is 1. The van der Waals surface area contributed by atoms with Crippen LogP contribution in [0.4, 0.5) is 4.39 Å². The summed E-state index contributed by atoms with van der Waals surface area (Å²) < 4.78 is 13.8. The highest BCUT2D eigenvalue weighted by Crippen LogP contribution is 2.40. The van der Waals surface area contributed by atoms with E-state index in [0.717, 1.165) is 54.4 Å². The number of piperidine rings is 1. The first kappa shape index (κ1) is 17.8. The Morgan fingerprint density at radius 3 is 2.75 bits per heavy atom. The van der Waals surface area contributed by atoms with E-state index in [1.807, 2.05) is 6.07 Å². The lowest BCUT2D eigenvalue weighted by Gasteiger charge is -2.32. The molecule has 0 bridgehead atoms. The van der Waals surface area contributed by atoms with Gasteiger partial charge in [0.2, 0.25) is 0 Å². The molecule has 5 rings (SSSR count). The van der Waals surface area contributed by atoms with Crippen molar-refractivity contribution in [3.8, 4) is 0 Å². The Morgan fingerprint density at radius 1 is 1.18 bits per heavy atom. The van der Waals surface area contributed by atoms with Crippen LogP contribution in [0.3, 0.4) is 0 Å². The van der Waals surface area contributed by atoms with Crippen LogP contribution >= 0.6 is 0 Å². The van der Waals surface area contributed by atoms with Crippen LogP contribution in [0.15, 0.2) is 42.9 Å². The number of H-pyrrole nitrogens is 1. The fourth-order valence-corrected chi connectivity index (χ4v) is 5.10. The summed E-state index contributed by atoms with van der Waals surface area (Å²) in [4.78, 5) is 10.7. The van der Waals surface area contributed by atoms with E-state index < -0.39 is 0 Å². The van der Waals surface area contributed by atoms with Gasteiger partial charge >= 0.3 is 0 Å². The van der Waals surface area contributed by atoms with E-state index in [0.29, 0.717) is 0 Å². The third kappa shape index (κ3) is 2.84. The molecule has 148 valence electrons. The molecule has 0 saturated carbocycles. The van der Waals surface area contributed by atoms with Gasteiger partial charge < -0.3 is 19.7 Å². The quantitative estimate of drug-likeness (QED) is 0.869. The molecule has 2 fully saturated rings. The highest BCUT2D eigenvalue weighted by molar-refractivity contribution is 5.85. The van der Waals surface area contributed by atoms with Crippen LogP contribution in [0.1, 0.15) is 31.0 Å². The standard InChI is InChI=1S/C23H29FN4/c1-15-6-8-26(9-7-15)10-11-27-16(2)23-13-20-19-12-18(24)4-5-21(19)25-22(20)14-28(23)17(27)3/h4-5,12,15,23,25H,2-3,6-11,13-14H2,1H3/t23-/m0/s1. The van der Waals surface area contributed by atoms with Crippen molar-refractivity contribution >= 4 is 10.9 Å². The SMILES string of the molecule is C=C1[C@@H]2Cc3c([nH]c4ccc(F)cc34)CN2C(=C)N1CCN1CCC(C)CC1. The van der Waals surface area contributed by atoms with Crippen LogP contribution in [0.5, 0.6) is 0 Å². The average molecular weight is 381 g/mol. The third-order valence-corrected chi connectivity index (χ3v) is 6.95. The van der Waals surface area contributed by atoms with Crippen molar-refractivity contribution in [3.05, 3.63) is 59.9 Å². The molecule has 2 aromatic rings. The largest absolute Gasteiger partial charge is 0.357 e. The molecular formula is C23H29FN4. The lowest BCUT2D eigenvalue weighted by molar-refractivity contribution is 0.178. The van der Waals surface area contributed by atoms with Gasteiger partial charge in [-0.1, -0.05) is 20.1 Å². The van der Waals surface area contributed by atoms with E-state index in [2.05, 4.69) is 39.8 Å². The lowest BCUT2D eigenvalue weighted by atomic mass is 9.96. The second kappa shape index (κ2) is 6.66. The zero-order valence-corrected chi connectivity index (χ0v) is 16.7. The van der Waals surface area contributed by atoms with E-state index >= 15 is 0 Å². The number of nitrogens with zero attached hydrogens (tertiary/aromatic N) is 3. The number of hydrogen-bond donors (Lipinski definition) is 1. The number of hydrogen-bond acceptors (Lipinski definition) is 3. The van der Waals surface area contributed by atoms with E-state index in [1.54, 1.807) is 6.07 Å². The molecule has 1 aromatic heterocycles. The van der Waals surface area contributed by atoms with Gasteiger partial charge in [0.1, 0.15) is 11.6 Å². The Kier molecular flexibility index (Phi) is 4.23. The van der Waals surface area contributed by atoms with Crippen LogP contribution < -0.4 is 0 Å². The highest BCUT2D eigenvalue weighted by atomic mass is 19.1. The predicted molar refractivity (Wildman–Crippen MR) is 111 cm³/mol. The summed E-state index contributed by atoms with van der Waals surface area (Å²) in [6.07, 6.45) is 3.46. The van der Waals surface area contributed by atoms with Gasteiger partial charge in [0.25, 0.3) is 0 Å². The second-order valence-electron chi connectivity index (χ2n) is 8.70. The molecule has 3 aliphatic heterocycles. The molecule has 1 atom stereocenters. The van der Waals surface area contributed by atoms with Gasteiger partial charge in [0, 0.05) is 41.8 Å². The normalized spacial score (nSPS) is 23.6. The van der Waals surface area contributed by atoms with Gasteiger partial charge in [0.15, 0.2) is 0 Å². The van der Waals surface area contributed by atoms with Gasteiger partial charge in [0.05, 0.1) is 12.6 Å². The topological polar surface area (TPSA) is 25.5 Å². The Hall–Kier alpha value is -2.27. The van der Waals surface area contributed by atoms with Crippen molar-refractivity contribution < 1.29 is 4.39 Å². The highest BCUT2D eigenvalue weighted by Gasteiger charge is 2.40. The van der Waals surface area contributed by atoms with Crippen molar-refractivity contribution in [2.75, 3.05) is 26.2 Å². The minimum absolute atomic E-state index is 0.177. The lowest BCUT2D eigenvalue weighted by Crippen LogP contribution is -2.38. The van der Waals surface area contributed by atoms with Crippen molar-refractivity contribution in [3.63, 3.8) is 0 Å². The van der Waals surface area contributed by atoms with E-state index in [-0.39, 0.29) is 11.9 Å². The van der Waals surface area contributed by atoms with Crippen LogP contribution in [-0.4, -0.2) is 51.9 Å². The Morgan fingerprint density at radius 2 is 1.96 bits per heavy atom. The zero-order valence-electron chi connectivity index (χ0n) is 16.7. The molecular weight excluding hydrogens is 351 g/mol. The number of aromatic nitrogens is 1. The molecule has 5 heteroatoms. The van der Waals surface area contributed by atoms with Gasteiger partial charge in [-0.05, 0) is 55.6 Å². The molecule has 4 nitrogen and oxygen atoms in total. The molecule has 0 unspecified atom stereocenters. The monoisotopic (exact) mass is 380 g/mol. The third-order valence-electron chi connectivity index (χ3n) is 6.95. The second-order valence-corrected chi connectivity index (χ2v) is 8.70. The maximum Gasteiger partial charge on any atom is 0.123 e. The molecule has 1 N–H and O–H groups in total. The smallest absolute Gasteiger partial charge is 0.123 e. The number of rotatable bonds is 3. The van der Waals surface area contributed by atoms with E-state index in [1.165, 1.54) is 43.3 Å². The minimum Gasteiger partial charge on any atom is -0.357 e. The summed E-state index contributed by atoms with van der Waals surface area (Å²) in [6, 6.07) is 5.24. The molecule has 4 heterocycles. The fraction of sp³-hybridized carbons (Fsp3) is 0.478. The molecule has 0 amide bonds. The van der Waals surface area contributed by atoms with Gasteiger partial charge in [-0.25, -0.2) is 4.39 Å². The Labute approximate surface area is 166 Å². The number of aromatic amines is 1. The molecule has 0 spiro atoms. The zero-order chi connectivity index (χ0) is 19.4. The first-order valence-electron chi connectivity index (χ1n) is 10.4. The minimum atomic E-state index is -0.177. The first-order chi connectivity index (χ1) is 13.5. The summed E-state index contributed by atoms with van der Waals surface area (Å²) in [5.41, 5.74) is 4.56. The summed E-state index contributed by atoms with van der Waals surface area (Å²) in [7, 11) is 0. The summed E-state index contributed by atoms with van der Waals surface area (Å²) in [6.45, 7) is 16.3. The van der Waals surface area contributed by atoms with Crippen molar-refractivity contribution in [1.82, 2.24) is 19.7 Å². The van der Waals surface area contributed by atoms with Gasteiger partial charge in [-0.15, -0.1) is 0 Å². The fourth-order valence-electron chi connectivity index (χ4n) is 5.10. The Balaban J connectivity index is 1.33. The number of benzene rings is 1. The van der Waals surface area contributed by atoms with E-state index in [4.69, 9.17) is 0 Å². The van der Waals surface area contributed by atoms with E-state index in [9.17, 15) is 4.39 Å². The van der Waals surface area contributed by atoms with Crippen LogP contribution in [0, 0.1) is 11.7 Å². The van der Waals surface area contributed by atoms with Crippen LogP contribution in [0.25, 0.3) is 10.9 Å². The molecule has 1 aromatic carbocycles. The van der Waals surface area contributed by atoms with Gasteiger partial charge in [-0.3, -0.25) is 0 Å². The van der Waals surface area contributed by atoms with Crippen molar-refractivity contribution in [2.45, 2.75) is 38.8 Å². The molecule has 2 saturated heterocycles. The number of nitrogens with one attached hydrogen (secondary N) is 1. The molecule has 3 aliphatic rings. The molecule has 0 radical (unpaired) electrons. The van der Waals surface area contributed by atoms with Crippen molar-refractivity contribution in [2.24, 2.45) is 5.92 Å². The Bertz CT molecular complexity index is 937. The predicted octanol–water partition coefficient (Wildman–Crippen LogP) is 4.07. The maximum absolute atomic E-state index is 13.8. The van der Waals surface area contributed by atoms with Gasteiger partial charge in [-0.2, -0.15) is 0 Å². The molecule has 28 heavy (non-hydrogen) atoms. The summed E-state index contributed by atoms with van der Waals surface area (Å²) in [5.74, 6) is 1.73. The van der Waals surface area contributed by atoms with Crippen LogP contribution in [0.2, 0.25) is 0 Å². The maximum atomic E-state index is 13.8. The number of fused-ring (bicyclic) bond motifs is 4. The van der Waals surface area contributed by atoms with Crippen molar-refractivity contribution in [1.29, 1.82) is 0 Å². The summed E-state index contributed by atoms with van der Waals surface area (Å²) in [5, 5.41) is 1.01. The first-order valence-corrected chi connectivity index (χ1v) is 10.4. The average Bonchev–Trinajstić information content (AvgIpc) is 3.15. The molecule has 0 aliphatic carbocycles.